The smallest absolute Gasteiger partial charge is 0.128 e. The van der Waals surface area contributed by atoms with Crippen LogP contribution in [0.1, 0.15) is 35.7 Å². The number of hydrogen-bond donors (Lipinski definition) is 1. The van der Waals surface area contributed by atoms with E-state index in [0.717, 1.165) is 23.7 Å². The van der Waals surface area contributed by atoms with Crippen LogP contribution in [0.2, 0.25) is 5.02 Å². The van der Waals surface area contributed by atoms with Crippen LogP contribution < -0.4 is 5.32 Å². The summed E-state index contributed by atoms with van der Waals surface area (Å²) < 4.78 is 14.0. The van der Waals surface area contributed by atoms with Gasteiger partial charge in [-0.15, -0.1) is 11.3 Å². The second kappa shape index (κ2) is 7.16. The lowest BCUT2D eigenvalue weighted by molar-refractivity contribution is 0.496. The lowest BCUT2D eigenvalue weighted by atomic mass is 10.0. The van der Waals surface area contributed by atoms with Gasteiger partial charge in [-0.05, 0) is 38.1 Å². The Balaban J connectivity index is 2.24. The maximum Gasteiger partial charge on any atom is 0.128 e. The van der Waals surface area contributed by atoms with Crippen LogP contribution in [0.4, 0.5) is 4.39 Å². The van der Waals surface area contributed by atoms with Gasteiger partial charge in [0, 0.05) is 34.1 Å². The summed E-state index contributed by atoms with van der Waals surface area (Å²) in [6.07, 6.45) is 1.67. The highest BCUT2D eigenvalue weighted by atomic mass is 35.5. The van der Waals surface area contributed by atoms with Gasteiger partial charge < -0.3 is 5.32 Å². The summed E-state index contributed by atoms with van der Waals surface area (Å²) in [5, 5.41) is 6.96. The molecule has 1 aromatic heterocycles. The van der Waals surface area contributed by atoms with Crippen LogP contribution in [-0.4, -0.2) is 11.5 Å². The van der Waals surface area contributed by atoms with E-state index < -0.39 is 0 Å². The Hall–Kier alpha value is -0.970. The van der Waals surface area contributed by atoms with Crippen molar-refractivity contribution in [3.63, 3.8) is 0 Å². The van der Waals surface area contributed by atoms with Crippen molar-refractivity contribution >= 4 is 22.9 Å². The minimum absolute atomic E-state index is 0.0980. The highest BCUT2D eigenvalue weighted by Gasteiger charge is 2.17. The van der Waals surface area contributed by atoms with E-state index in [9.17, 15) is 4.39 Å². The molecule has 0 saturated heterocycles. The van der Waals surface area contributed by atoms with Crippen molar-refractivity contribution in [1.82, 2.24) is 10.3 Å². The van der Waals surface area contributed by atoms with Crippen molar-refractivity contribution in [1.29, 1.82) is 0 Å². The monoisotopic (exact) mass is 312 g/mol. The quantitative estimate of drug-likeness (QED) is 0.848. The number of aryl methyl sites for hydroxylation is 1. The summed E-state index contributed by atoms with van der Waals surface area (Å²) >= 11 is 7.60. The van der Waals surface area contributed by atoms with Crippen LogP contribution >= 0.6 is 22.9 Å². The predicted octanol–water partition coefficient (Wildman–Crippen LogP) is 4.53. The van der Waals surface area contributed by atoms with Gasteiger partial charge in [0.2, 0.25) is 0 Å². The lowest BCUT2D eigenvalue weighted by Crippen LogP contribution is -2.25. The van der Waals surface area contributed by atoms with E-state index in [2.05, 4.69) is 17.2 Å². The van der Waals surface area contributed by atoms with Crippen LogP contribution in [0, 0.1) is 12.7 Å². The van der Waals surface area contributed by atoms with Gasteiger partial charge in [-0.25, -0.2) is 9.37 Å². The first-order valence-electron chi connectivity index (χ1n) is 6.69. The van der Waals surface area contributed by atoms with E-state index >= 15 is 0 Å². The molecule has 2 aromatic rings. The molecule has 20 heavy (non-hydrogen) atoms. The van der Waals surface area contributed by atoms with Gasteiger partial charge >= 0.3 is 0 Å². The zero-order valence-electron chi connectivity index (χ0n) is 11.6. The minimum atomic E-state index is -0.226. The van der Waals surface area contributed by atoms with Crippen molar-refractivity contribution < 1.29 is 4.39 Å². The average Bonchev–Trinajstić information content (AvgIpc) is 2.83. The number of benzene rings is 1. The summed E-state index contributed by atoms with van der Waals surface area (Å²) in [6.45, 7) is 4.89. The summed E-state index contributed by atoms with van der Waals surface area (Å²) in [6, 6.07) is 4.60. The number of aromatic nitrogens is 1. The van der Waals surface area contributed by atoms with E-state index in [0.29, 0.717) is 17.0 Å². The third kappa shape index (κ3) is 4.01. The van der Waals surface area contributed by atoms with E-state index in [-0.39, 0.29) is 11.9 Å². The van der Waals surface area contributed by atoms with Crippen LogP contribution in [-0.2, 0) is 6.42 Å². The van der Waals surface area contributed by atoms with Crippen molar-refractivity contribution in [3.8, 4) is 0 Å². The van der Waals surface area contributed by atoms with Crippen LogP contribution in [0.5, 0.6) is 0 Å². The molecule has 2 nitrogen and oxygen atoms in total. The molecular formula is C15H18ClFN2S. The summed E-state index contributed by atoms with van der Waals surface area (Å²) in [7, 11) is 0. The molecule has 0 bridgehead atoms. The molecule has 0 fully saturated rings. The third-order valence-electron chi connectivity index (χ3n) is 3.02. The second-order valence-corrected chi connectivity index (χ2v) is 6.14. The molecule has 108 valence electrons. The fraction of sp³-hybridized carbons (Fsp3) is 0.400. The summed E-state index contributed by atoms with van der Waals surface area (Å²) in [5.41, 5.74) is 1.62. The number of hydrogen-bond acceptors (Lipinski definition) is 3. The molecule has 1 unspecified atom stereocenters. The summed E-state index contributed by atoms with van der Waals surface area (Å²) in [4.78, 5) is 4.46. The lowest BCUT2D eigenvalue weighted by Gasteiger charge is -2.19. The Morgan fingerprint density at radius 2 is 2.25 bits per heavy atom. The first kappa shape index (κ1) is 15.4. The normalized spacial score (nSPS) is 12.6. The Labute approximate surface area is 128 Å². The number of nitrogens with zero attached hydrogens (tertiary/aromatic N) is 1. The van der Waals surface area contributed by atoms with Crippen molar-refractivity contribution in [3.05, 3.63) is 50.7 Å². The second-order valence-electron chi connectivity index (χ2n) is 4.76. The van der Waals surface area contributed by atoms with E-state index in [1.54, 1.807) is 23.5 Å². The Bertz CT molecular complexity index is 571. The van der Waals surface area contributed by atoms with Crippen molar-refractivity contribution in [2.24, 2.45) is 0 Å². The molecule has 0 spiro atoms. The zero-order valence-corrected chi connectivity index (χ0v) is 13.2. The zero-order chi connectivity index (χ0) is 14.5. The van der Waals surface area contributed by atoms with Gasteiger partial charge in [-0.1, -0.05) is 18.5 Å². The SMILES string of the molecule is CCCNC(Cc1nc(C)cs1)c1cc(Cl)ccc1F. The highest BCUT2D eigenvalue weighted by Crippen LogP contribution is 2.25. The Morgan fingerprint density at radius 3 is 2.90 bits per heavy atom. The molecule has 0 amide bonds. The molecule has 1 N–H and O–H groups in total. The molecule has 5 heteroatoms. The highest BCUT2D eigenvalue weighted by molar-refractivity contribution is 7.09. The summed E-state index contributed by atoms with van der Waals surface area (Å²) in [5.74, 6) is -0.226. The predicted molar refractivity (Wildman–Crippen MR) is 83.0 cm³/mol. The molecule has 1 aromatic carbocycles. The van der Waals surface area contributed by atoms with Gasteiger partial charge in [0.05, 0.1) is 5.01 Å². The van der Waals surface area contributed by atoms with E-state index in [1.165, 1.54) is 6.07 Å². The van der Waals surface area contributed by atoms with E-state index in [4.69, 9.17) is 11.6 Å². The fourth-order valence-electron chi connectivity index (χ4n) is 2.06. The average molecular weight is 313 g/mol. The standard InChI is InChI=1S/C15H18ClFN2S/c1-3-6-18-14(8-15-19-10(2)9-20-15)12-7-11(16)4-5-13(12)17/h4-5,7,9,14,18H,3,6,8H2,1-2H3. The first-order chi connectivity index (χ1) is 9.60. The molecule has 0 saturated carbocycles. The van der Waals surface area contributed by atoms with Crippen molar-refractivity contribution in [2.75, 3.05) is 6.54 Å². The van der Waals surface area contributed by atoms with Crippen molar-refractivity contribution in [2.45, 2.75) is 32.7 Å². The van der Waals surface area contributed by atoms with Gasteiger partial charge in [-0.3, -0.25) is 0 Å². The van der Waals surface area contributed by atoms with Gasteiger partial charge in [0.15, 0.2) is 0 Å². The number of thiazole rings is 1. The van der Waals surface area contributed by atoms with E-state index in [1.807, 2.05) is 12.3 Å². The van der Waals surface area contributed by atoms with Crippen LogP contribution in [0.25, 0.3) is 0 Å². The molecule has 0 aliphatic carbocycles. The molecule has 1 heterocycles. The van der Waals surface area contributed by atoms with Gasteiger partial charge in [0.25, 0.3) is 0 Å². The fourth-order valence-corrected chi connectivity index (χ4v) is 3.06. The minimum Gasteiger partial charge on any atom is -0.309 e. The van der Waals surface area contributed by atoms with Gasteiger partial charge in [-0.2, -0.15) is 0 Å². The third-order valence-corrected chi connectivity index (χ3v) is 4.24. The Morgan fingerprint density at radius 1 is 1.45 bits per heavy atom. The van der Waals surface area contributed by atoms with Crippen LogP contribution in [0.3, 0.4) is 0 Å². The molecule has 2 rings (SSSR count). The molecule has 0 radical (unpaired) electrons. The number of nitrogens with one attached hydrogen (secondary N) is 1. The molecule has 0 aliphatic heterocycles. The molecule has 1 atom stereocenters. The first-order valence-corrected chi connectivity index (χ1v) is 7.95. The van der Waals surface area contributed by atoms with Gasteiger partial charge in [0.1, 0.15) is 5.82 Å². The molecule has 0 aliphatic rings. The molecular weight excluding hydrogens is 295 g/mol. The number of rotatable bonds is 6. The number of halogens is 2. The largest absolute Gasteiger partial charge is 0.309 e. The maximum absolute atomic E-state index is 14.0. The Kier molecular flexibility index (Phi) is 5.52. The topological polar surface area (TPSA) is 24.9 Å². The maximum atomic E-state index is 14.0. The van der Waals surface area contributed by atoms with Crippen LogP contribution in [0.15, 0.2) is 23.6 Å².